The van der Waals surface area contributed by atoms with Crippen molar-refractivity contribution >= 4 is 38.9 Å². The zero-order valence-electron chi connectivity index (χ0n) is 16.3. The van der Waals surface area contributed by atoms with Gasteiger partial charge in [0, 0.05) is 36.8 Å². The van der Waals surface area contributed by atoms with Crippen LogP contribution in [0.15, 0.2) is 46.0 Å². The molecule has 3 rings (SSSR count). The van der Waals surface area contributed by atoms with Crippen LogP contribution in [0.3, 0.4) is 0 Å². The first-order valence-electron chi connectivity index (χ1n) is 9.64. The molecule has 0 aliphatic carbocycles. The van der Waals surface area contributed by atoms with Gasteiger partial charge >= 0.3 is 0 Å². The summed E-state index contributed by atoms with van der Waals surface area (Å²) in [5.74, 6) is -0.159. The quantitative estimate of drug-likeness (QED) is 0.699. The standard InChI is InChI=1S/C20H25N3O4S2/c1-2-6-18(24)21-17-9-4-11-23(14-17)20(25)15-7-3-8-16(13-15)22-29(26,27)19-10-5-12-28-19/h3,5,7-8,10,12-13,17,22H,2,4,6,9,11,14H2,1H3,(H,21,24). The molecule has 2 N–H and O–H groups in total. The van der Waals surface area contributed by atoms with Crippen molar-refractivity contribution in [2.45, 2.75) is 42.9 Å². The molecule has 2 heterocycles. The maximum Gasteiger partial charge on any atom is 0.271 e. The van der Waals surface area contributed by atoms with E-state index in [0.717, 1.165) is 30.6 Å². The molecule has 1 fully saturated rings. The Morgan fingerprint density at radius 3 is 2.79 bits per heavy atom. The fraction of sp³-hybridized carbons (Fsp3) is 0.400. The van der Waals surface area contributed by atoms with Gasteiger partial charge < -0.3 is 10.2 Å². The molecule has 0 bridgehead atoms. The number of hydrogen-bond acceptors (Lipinski definition) is 5. The number of amides is 2. The predicted octanol–water partition coefficient (Wildman–Crippen LogP) is 3.07. The summed E-state index contributed by atoms with van der Waals surface area (Å²) in [6.45, 7) is 3.03. The molecule has 2 aromatic rings. The number of carbonyl (C=O) groups excluding carboxylic acids is 2. The summed E-state index contributed by atoms with van der Waals surface area (Å²) in [6, 6.07) is 9.65. The maximum atomic E-state index is 12.9. The van der Waals surface area contributed by atoms with E-state index >= 15 is 0 Å². The normalized spacial score (nSPS) is 17.0. The van der Waals surface area contributed by atoms with Gasteiger partial charge in [-0.3, -0.25) is 14.3 Å². The number of anilines is 1. The first-order chi connectivity index (χ1) is 13.9. The van der Waals surface area contributed by atoms with E-state index in [1.807, 2.05) is 6.92 Å². The molecule has 7 nitrogen and oxygen atoms in total. The van der Waals surface area contributed by atoms with Crippen LogP contribution >= 0.6 is 11.3 Å². The van der Waals surface area contributed by atoms with E-state index in [-0.39, 0.29) is 22.1 Å². The van der Waals surface area contributed by atoms with E-state index in [1.165, 1.54) is 6.07 Å². The summed E-state index contributed by atoms with van der Waals surface area (Å²) >= 11 is 1.13. The topological polar surface area (TPSA) is 95.6 Å². The van der Waals surface area contributed by atoms with E-state index < -0.39 is 10.0 Å². The van der Waals surface area contributed by atoms with Crippen LogP contribution < -0.4 is 10.0 Å². The molecular formula is C20H25N3O4S2. The average Bonchev–Trinajstić information content (AvgIpc) is 3.23. The molecule has 1 aromatic heterocycles. The van der Waals surface area contributed by atoms with Crippen molar-refractivity contribution in [3.63, 3.8) is 0 Å². The van der Waals surface area contributed by atoms with Crippen molar-refractivity contribution in [3.8, 4) is 0 Å². The minimum absolute atomic E-state index is 0.0109. The van der Waals surface area contributed by atoms with Gasteiger partial charge in [-0.2, -0.15) is 0 Å². The molecule has 0 saturated carbocycles. The van der Waals surface area contributed by atoms with Crippen molar-refractivity contribution in [1.82, 2.24) is 10.2 Å². The number of rotatable bonds is 7. The lowest BCUT2D eigenvalue weighted by molar-refractivity contribution is -0.122. The Bertz CT molecular complexity index is 958. The van der Waals surface area contributed by atoms with Crippen LogP contribution in [0.2, 0.25) is 0 Å². The molecule has 1 aliphatic heterocycles. The SMILES string of the molecule is CCCC(=O)NC1CCCN(C(=O)c2cccc(NS(=O)(=O)c3cccs3)c2)C1. The zero-order chi connectivity index (χ0) is 20.9. The lowest BCUT2D eigenvalue weighted by Gasteiger charge is -2.33. The number of sulfonamides is 1. The van der Waals surface area contributed by atoms with Gasteiger partial charge in [-0.15, -0.1) is 11.3 Å². The van der Waals surface area contributed by atoms with Gasteiger partial charge in [0.2, 0.25) is 5.91 Å². The molecule has 29 heavy (non-hydrogen) atoms. The third kappa shape index (κ3) is 5.57. The number of nitrogens with one attached hydrogen (secondary N) is 2. The highest BCUT2D eigenvalue weighted by molar-refractivity contribution is 7.94. The Kier molecular flexibility index (Phi) is 6.92. The smallest absolute Gasteiger partial charge is 0.271 e. The van der Waals surface area contributed by atoms with Crippen LogP contribution in [-0.2, 0) is 14.8 Å². The van der Waals surface area contributed by atoms with Crippen molar-refractivity contribution in [1.29, 1.82) is 0 Å². The molecule has 1 unspecified atom stereocenters. The summed E-state index contributed by atoms with van der Waals surface area (Å²) < 4.78 is 27.6. The first kappa shape index (κ1) is 21.3. The van der Waals surface area contributed by atoms with Crippen LogP contribution in [0.4, 0.5) is 5.69 Å². The Morgan fingerprint density at radius 1 is 1.24 bits per heavy atom. The molecular weight excluding hydrogens is 410 g/mol. The molecule has 2 amide bonds. The van der Waals surface area contributed by atoms with E-state index in [1.54, 1.807) is 40.6 Å². The molecule has 9 heteroatoms. The summed E-state index contributed by atoms with van der Waals surface area (Å²) in [5.41, 5.74) is 0.756. The van der Waals surface area contributed by atoms with Crippen molar-refractivity contribution in [3.05, 3.63) is 47.3 Å². The Balaban J connectivity index is 1.68. The molecule has 1 atom stereocenters. The second-order valence-electron chi connectivity index (χ2n) is 7.03. The lowest BCUT2D eigenvalue weighted by Crippen LogP contribution is -2.49. The van der Waals surface area contributed by atoms with E-state index in [4.69, 9.17) is 0 Å². The number of piperidine rings is 1. The summed E-state index contributed by atoms with van der Waals surface area (Å²) in [5, 5.41) is 4.69. The average molecular weight is 436 g/mol. The first-order valence-corrected chi connectivity index (χ1v) is 12.0. The Labute approximate surface area is 175 Å². The monoisotopic (exact) mass is 435 g/mol. The van der Waals surface area contributed by atoms with Crippen LogP contribution in [0.25, 0.3) is 0 Å². The van der Waals surface area contributed by atoms with Gasteiger partial charge in [-0.1, -0.05) is 19.1 Å². The number of likely N-dealkylation sites (tertiary alicyclic amines) is 1. The highest BCUT2D eigenvalue weighted by Gasteiger charge is 2.26. The summed E-state index contributed by atoms with van der Waals surface area (Å²) in [7, 11) is -3.67. The van der Waals surface area contributed by atoms with Gasteiger partial charge in [0.1, 0.15) is 4.21 Å². The zero-order valence-corrected chi connectivity index (χ0v) is 17.9. The van der Waals surface area contributed by atoms with Crippen molar-refractivity contribution in [2.24, 2.45) is 0 Å². The number of thiophene rings is 1. The van der Waals surface area contributed by atoms with Crippen molar-refractivity contribution < 1.29 is 18.0 Å². The van der Waals surface area contributed by atoms with Gasteiger partial charge in [0.25, 0.3) is 15.9 Å². The van der Waals surface area contributed by atoms with E-state index in [2.05, 4.69) is 10.0 Å². The number of nitrogens with zero attached hydrogens (tertiary/aromatic N) is 1. The number of benzene rings is 1. The fourth-order valence-corrected chi connectivity index (χ4v) is 5.37. The van der Waals surface area contributed by atoms with Crippen molar-refractivity contribution in [2.75, 3.05) is 17.8 Å². The minimum atomic E-state index is -3.67. The van der Waals surface area contributed by atoms with E-state index in [0.29, 0.717) is 30.8 Å². The molecule has 0 radical (unpaired) electrons. The van der Waals surface area contributed by atoms with Gasteiger partial charge in [-0.25, -0.2) is 8.42 Å². The second-order valence-corrected chi connectivity index (χ2v) is 9.88. The van der Waals surface area contributed by atoms with Crippen LogP contribution in [0, 0.1) is 0 Å². The molecule has 0 spiro atoms. The highest BCUT2D eigenvalue weighted by atomic mass is 32.2. The summed E-state index contributed by atoms with van der Waals surface area (Å²) in [6.07, 6.45) is 2.93. The molecule has 1 saturated heterocycles. The maximum absolute atomic E-state index is 12.9. The minimum Gasteiger partial charge on any atom is -0.352 e. The van der Waals surface area contributed by atoms with Crippen LogP contribution in [0.1, 0.15) is 43.0 Å². The van der Waals surface area contributed by atoms with Crippen LogP contribution in [0.5, 0.6) is 0 Å². The Hall–Kier alpha value is -2.39. The third-order valence-electron chi connectivity index (χ3n) is 4.67. The van der Waals surface area contributed by atoms with Gasteiger partial charge in [-0.05, 0) is 48.9 Å². The van der Waals surface area contributed by atoms with Gasteiger partial charge in [0.15, 0.2) is 0 Å². The van der Waals surface area contributed by atoms with E-state index in [9.17, 15) is 18.0 Å². The second kappa shape index (κ2) is 9.41. The molecule has 156 valence electrons. The fourth-order valence-electron chi connectivity index (χ4n) is 3.33. The highest BCUT2D eigenvalue weighted by Crippen LogP contribution is 2.22. The van der Waals surface area contributed by atoms with Crippen LogP contribution in [-0.4, -0.2) is 44.3 Å². The summed E-state index contributed by atoms with van der Waals surface area (Å²) in [4.78, 5) is 26.5. The third-order valence-corrected chi connectivity index (χ3v) is 7.45. The lowest BCUT2D eigenvalue weighted by atomic mass is 10.0. The Morgan fingerprint density at radius 2 is 2.07 bits per heavy atom. The number of carbonyl (C=O) groups is 2. The molecule has 1 aromatic carbocycles. The molecule has 1 aliphatic rings. The number of hydrogen-bond donors (Lipinski definition) is 2. The van der Waals surface area contributed by atoms with Gasteiger partial charge in [0.05, 0.1) is 0 Å². The predicted molar refractivity (Wildman–Crippen MR) is 114 cm³/mol. The largest absolute Gasteiger partial charge is 0.352 e.